The summed E-state index contributed by atoms with van der Waals surface area (Å²) in [5.74, 6) is -0.508. The first-order valence-corrected chi connectivity index (χ1v) is 10.3. The number of anilines is 1. The Morgan fingerprint density at radius 1 is 1.23 bits per heavy atom. The second-order valence-corrected chi connectivity index (χ2v) is 7.86. The molecule has 1 aliphatic heterocycles. The van der Waals surface area contributed by atoms with Crippen LogP contribution in [0.25, 0.3) is 0 Å². The average Bonchev–Trinajstić information content (AvgIpc) is 3.01. The number of halogens is 1. The maximum atomic E-state index is 12.9. The third kappa shape index (κ3) is 4.85. The molecular formula is C14H17ClN8O7S. The summed E-state index contributed by atoms with van der Waals surface area (Å²) in [6.45, 7) is 1.86. The molecule has 3 heterocycles. The van der Waals surface area contributed by atoms with Crippen molar-refractivity contribution >= 4 is 39.5 Å². The zero-order valence-electron chi connectivity index (χ0n) is 16.6. The van der Waals surface area contributed by atoms with Gasteiger partial charge in [-0.05, 0) is 12.1 Å². The van der Waals surface area contributed by atoms with Crippen LogP contribution in [-0.2, 0) is 26.6 Å². The van der Waals surface area contributed by atoms with Crippen LogP contribution in [0.4, 0.5) is 10.7 Å². The molecule has 2 N–H and O–H groups in total. The number of aryl methyl sites for hydroxylation is 1. The molecule has 168 valence electrons. The van der Waals surface area contributed by atoms with Crippen LogP contribution in [0.15, 0.2) is 10.2 Å². The van der Waals surface area contributed by atoms with E-state index in [4.69, 9.17) is 30.6 Å². The van der Waals surface area contributed by atoms with Crippen molar-refractivity contribution in [3.63, 3.8) is 0 Å². The number of nitrogens with zero attached hydrogens (tertiary/aromatic N) is 6. The molecule has 3 rings (SSSR count). The highest BCUT2D eigenvalue weighted by Crippen LogP contribution is 2.26. The van der Waals surface area contributed by atoms with Crippen molar-refractivity contribution in [2.24, 2.45) is 12.2 Å². The molecule has 0 bridgehead atoms. The Bertz CT molecular complexity index is 1110. The van der Waals surface area contributed by atoms with E-state index in [1.54, 1.807) is 6.92 Å². The first-order chi connectivity index (χ1) is 14.6. The third-order valence-corrected chi connectivity index (χ3v) is 5.30. The van der Waals surface area contributed by atoms with Crippen molar-refractivity contribution in [1.29, 1.82) is 0 Å². The second-order valence-electron chi connectivity index (χ2n) is 5.91. The smallest absolute Gasteiger partial charge is 0.335 e. The first kappa shape index (κ1) is 22.3. The number of ether oxygens (including phenoxy) is 3. The SMILES string of the molecule is COc1nc(NC(=O)NS(=O)(=O)c2c(C3=NOCC(C)O3)c(Cl)nn2C)nc(OC)n1. The van der Waals surface area contributed by atoms with E-state index in [1.807, 2.05) is 4.72 Å². The van der Waals surface area contributed by atoms with Crippen LogP contribution in [0.2, 0.25) is 5.15 Å². The summed E-state index contributed by atoms with van der Waals surface area (Å²) >= 11 is 6.07. The standard InChI is InChI=1S/C14H17ClN8O7S/c1-6-5-29-21-9(30-6)7-8(15)20-23(2)10(7)31(25,26)22-12(24)16-11-17-13(27-3)19-14(18-11)28-4/h6H,5H2,1-4H3,(H2,16,17,18,19,22,24). The monoisotopic (exact) mass is 476 g/mol. The van der Waals surface area contributed by atoms with E-state index in [0.717, 1.165) is 4.68 Å². The first-order valence-electron chi connectivity index (χ1n) is 8.42. The molecule has 0 aliphatic carbocycles. The van der Waals surface area contributed by atoms with E-state index < -0.39 is 27.2 Å². The van der Waals surface area contributed by atoms with E-state index in [9.17, 15) is 13.2 Å². The fourth-order valence-corrected chi connectivity index (χ4v) is 3.96. The minimum absolute atomic E-state index is 0.160. The highest BCUT2D eigenvalue weighted by Gasteiger charge is 2.34. The summed E-state index contributed by atoms with van der Waals surface area (Å²) in [5, 5.41) is 9.01. The molecule has 15 nitrogen and oxygen atoms in total. The molecule has 31 heavy (non-hydrogen) atoms. The Balaban J connectivity index is 1.88. The Morgan fingerprint density at radius 2 is 1.87 bits per heavy atom. The molecule has 1 unspecified atom stereocenters. The average molecular weight is 477 g/mol. The van der Waals surface area contributed by atoms with E-state index >= 15 is 0 Å². The fourth-order valence-electron chi connectivity index (χ4n) is 2.39. The number of carbonyl (C=O) groups excluding carboxylic acids is 1. The number of carbonyl (C=O) groups is 1. The summed E-state index contributed by atoms with van der Waals surface area (Å²) < 4.78 is 43.8. The number of sulfonamides is 1. The maximum Gasteiger partial charge on any atom is 0.335 e. The molecule has 0 aromatic carbocycles. The maximum absolute atomic E-state index is 12.9. The van der Waals surface area contributed by atoms with Gasteiger partial charge in [0.15, 0.2) is 16.8 Å². The Kier molecular flexibility index (Phi) is 6.30. The van der Waals surface area contributed by atoms with Crippen LogP contribution in [0.1, 0.15) is 12.5 Å². The molecule has 1 aliphatic rings. The molecule has 1 atom stereocenters. The zero-order chi connectivity index (χ0) is 22.8. The van der Waals surface area contributed by atoms with Gasteiger partial charge in [-0.1, -0.05) is 11.6 Å². The Labute approximate surface area is 180 Å². The van der Waals surface area contributed by atoms with E-state index in [1.165, 1.54) is 21.3 Å². The molecule has 2 amide bonds. The van der Waals surface area contributed by atoms with Gasteiger partial charge in [-0.3, -0.25) is 10.00 Å². The molecular weight excluding hydrogens is 460 g/mol. The predicted molar refractivity (Wildman–Crippen MR) is 104 cm³/mol. The van der Waals surface area contributed by atoms with Gasteiger partial charge in [-0.15, -0.1) is 4.98 Å². The number of oxime groups is 1. The third-order valence-electron chi connectivity index (χ3n) is 3.60. The largest absolute Gasteiger partial charge is 0.468 e. The van der Waals surface area contributed by atoms with Crippen molar-refractivity contribution in [3.05, 3.63) is 10.7 Å². The summed E-state index contributed by atoms with van der Waals surface area (Å²) in [6, 6.07) is -1.51. The molecule has 17 heteroatoms. The van der Waals surface area contributed by atoms with Gasteiger partial charge in [0.1, 0.15) is 11.7 Å². The van der Waals surface area contributed by atoms with Gasteiger partial charge in [-0.2, -0.15) is 23.5 Å². The van der Waals surface area contributed by atoms with Crippen molar-refractivity contribution in [2.75, 3.05) is 26.1 Å². The Hall–Kier alpha value is -3.40. The number of methoxy groups -OCH3 is 2. The summed E-state index contributed by atoms with van der Waals surface area (Å²) in [4.78, 5) is 28.7. The van der Waals surface area contributed by atoms with Crippen molar-refractivity contribution < 1.29 is 32.3 Å². The van der Waals surface area contributed by atoms with Gasteiger partial charge in [0.2, 0.25) is 5.95 Å². The lowest BCUT2D eigenvalue weighted by Gasteiger charge is -2.20. The highest BCUT2D eigenvalue weighted by molar-refractivity contribution is 7.90. The van der Waals surface area contributed by atoms with E-state index in [-0.39, 0.29) is 41.2 Å². The second kappa shape index (κ2) is 8.76. The molecule has 0 saturated carbocycles. The normalized spacial score (nSPS) is 15.9. The minimum Gasteiger partial charge on any atom is -0.468 e. The number of hydrogen-bond donors (Lipinski definition) is 2. The van der Waals surface area contributed by atoms with Gasteiger partial charge in [-0.25, -0.2) is 9.52 Å². The molecule has 0 radical (unpaired) electrons. The van der Waals surface area contributed by atoms with E-state index in [0.29, 0.717) is 0 Å². The van der Waals surface area contributed by atoms with Crippen molar-refractivity contribution in [2.45, 2.75) is 18.1 Å². The van der Waals surface area contributed by atoms with Gasteiger partial charge >= 0.3 is 18.1 Å². The number of aromatic nitrogens is 5. The van der Waals surface area contributed by atoms with Crippen LogP contribution < -0.4 is 19.5 Å². The van der Waals surface area contributed by atoms with Crippen molar-refractivity contribution in [1.82, 2.24) is 29.5 Å². The van der Waals surface area contributed by atoms with E-state index in [2.05, 4.69) is 30.5 Å². The van der Waals surface area contributed by atoms with Crippen LogP contribution >= 0.6 is 11.6 Å². The number of amides is 2. The lowest BCUT2D eigenvalue weighted by molar-refractivity contribution is 0.0194. The van der Waals surface area contributed by atoms with Crippen LogP contribution in [-0.4, -0.2) is 72.0 Å². The topological polar surface area (TPSA) is 181 Å². The van der Waals surface area contributed by atoms with Crippen LogP contribution in [0.5, 0.6) is 12.0 Å². The highest BCUT2D eigenvalue weighted by atomic mass is 35.5. The number of nitrogens with one attached hydrogen (secondary N) is 2. The Morgan fingerprint density at radius 3 is 2.45 bits per heavy atom. The molecule has 2 aromatic rings. The predicted octanol–water partition coefficient (Wildman–Crippen LogP) is -0.117. The van der Waals surface area contributed by atoms with Crippen LogP contribution in [0.3, 0.4) is 0 Å². The summed E-state index contributed by atoms with van der Waals surface area (Å²) in [7, 11) is -0.620. The number of rotatable bonds is 6. The van der Waals surface area contributed by atoms with Crippen molar-refractivity contribution in [3.8, 4) is 12.0 Å². The van der Waals surface area contributed by atoms with Gasteiger partial charge in [0, 0.05) is 7.05 Å². The van der Waals surface area contributed by atoms with Crippen LogP contribution in [0, 0.1) is 0 Å². The fraction of sp³-hybridized carbons (Fsp3) is 0.429. The summed E-state index contributed by atoms with van der Waals surface area (Å²) in [5.41, 5.74) is -0.167. The molecule has 0 saturated heterocycles. The van der Waals surface area contributed by atoms with Gasteiger partial charge in [0.25, 0.3) is 15.9 Å². The molecule has 2 aromatic heterocycles. The van der Waals surface area contributed by atoms with Gasteiger partial charge < -0.3 is 19.0 Å². The number of urea groups is 1. The molecule has 0 spiro atoms. The van der Waals surface area contributed by atoms with Gasteiger partial charge in [0.05, 0.1) is 14.2 Å². The number of hydrogen-bond acceptors (Lipinski definition) is 12. The summed E-state index contributed by atoms with van der Waals surface area (Å²) in [6.07, 6.45) is -0.413. The lowest BCUT2D eigenvalue weighted by atomic mass is 10.3. The quantitative estimate of drug-likeness (QED) is 0.567. The molecule has 0 fully saturated rings. The lowest BCUT2D eigenvalue weighted by Crippen LogP contribution is -2.37. The zero-order valence-corrected chi connectivity index (χ0v) is 18.2. The minimum atomic E-state index is -4.51.